The van der Waals surface area contributed by atoms with Gasteiger partial charge in [0.05, 0.1) is 48.0 Å². The molecule has 1 atom stereocenters. The predicted molar refractivity (Wildman–Crippen MR) is 132 cm³/mol. The van der Waals surface area contributed by atoms with Crippen LogP contribution in [0.4, 0.5) is 4.39 Å². The third kappa shape index (κ3) is 7.33. The minimum absolute atomic E-state index is 0.0411. The molecule has 1 N–H and O–H groups in total. The summed E-state index contributed by atoms with van der Waals surface area (Å²) in [6, 6.07) is 14.9. The summed E-state index contributed by atoms with van der Waals surface area (Å²) in [4.78, 5) is 16.1. The van der Waals surface area contributed by atoms with Crippen LogP contribution in [0, 0.1) is 17.1 Å². The molecule has 1 aromatic heterocycles. The zero-order chi connectivity index (χ0) is 25.4. The lowest BCUT2D eigenvalue weighted by Crippen LogP contribution is -2.11. The van der Waals surface area contributed by atoms with Crippen LogP contribution in [0.5, 0.6) is 0 Å². The first kappa shape index (κ1) is 26.8. The zero-order valence-corrected chi connectivity index (χ0v) is 21.3. The minimum Gasteiger partial charge on any atom is -0.466 e. The van der Waals surface area contributed by atoms with Gasteiger partial charge in [-0.2, -0.15) is 5.26 Å². The summed E-state index contributed by atoms with van der Waals surface area (Å²) in [5, 5.41) is 20.4. The van der Waals surface area contributed by atoms with E-state index < -0.39 is 17.9 Å². The van der Waals surface area contributed by atoms with E-state index in [0.29, 0.717) is 38.8 Å². The molecular weight excluding hydrogens is 539 g/mol. The molecular formula is C26H23BrClFN2O4. The fourth-order valence-electron chi connectivity index (χ4n) is 3.56. The number of hydrogen-bond acceptors (Lipinski definition) is 6. The SMILES string of the molecule is CCOC(=O)Cc1cc(F)c(Br)cc1CCOCc1cc(C#N)ccc1C(O)c1cccc(Cl)n1. The molecule has 0 radical (unpaired) electrons. The summed E-state index contributed by atoms with van der Waals surface area (Å²) < 4.78 is 25.2. The highest BCUT2D eigenvalue weighted by atomic mass is 79.9. The van der Waals surface area contributed by atoms with Crippen molar-refractivity contribution in [2.75, 3.05) is 13.2 Å². The molecule has 0 aliphatic rings. The Morgan fingerprint density at radius 1 is 1.23 bits per heavy atom. The van der Waals surface area contributed by atoms with Crippen molar-refractivity contribution >= 4 is 33.5 Å². The number of aliphatic hydroxyl groups excluding tert-OH is 1. The summed E-state index contributed by atoms with van der Waals surface area (Å²) in [5.74, 6) is -0.895. The van der Waals surface area contributed by atoms with Gasteiger partial charge in [0.15, 0.2) is 0 Å². The lowest BCUT2D eigenvalue weighted by atomic mass is 9.98. The largest absolute Gasteiger partial charge is 0.466 e. The van der Waals surface area contributed by atoms with Crippen molar-refractivity contribution in [3.8, 4) is 6.07 Å². The third-order valence-corrected chi connectivity index (χ3v) is 6.06. The number of nitrogens with zero attached hydrogens (tertiary/aromatic N) is 2. The van der Waals surface area contributed by atoms with E-state index in [4.69, 9.17) is 21.1 Å². The van der Waals surface area contributed by atoms with Gasteiger partial charge in [-0.25, -0.2) is 9.37 Å². The second kappa shape index (κ2) is 12.8. The van der Waals surface area contributed by atoms with E-state index in [0.717, 1.165) is 5.56 Å². The first-order chi connectivity index (χ1) is 16.8. The summed E-state index contributed by atoms with van der Waals surface area (Å²) in [6.07, 6.45) is -0.677. The quantitative estimate of drug-likeness (QED) is 0.201. The number of carbonyl (C=O) groups is 1. The fourth-order valence-corrected chi connectivity index (χ4v) is 4.12. The Labute approximate surface area is 216 Å². The number of rotatable bonds is 10. The molecule has 0 bridgehead atoms. The predicted octanol–water partition coefficient (Wildman–Crippen LogP) is 5.45. The number of benzene rings is 2. The Kier molecular flexibility index (Phi) is 9.75. The highest BCUT2D eigenvalue weighted by Gasteiger charge is 2.18. The molecule has 0 saturated heterocycles. The number of aromatic nitrogens is 1. The van der Waals surface area contributed by atoms with Crippen molar-refractivity contribution in [3.05, 3.63) is 97.5 Å². The maximum absolute atomic E-state index is 14.1. The maximum Gasteiger partial charge on any atom is 0.310 e. The van der Waals surface area contributed by atoms with E-state index in [1.807, 2.05) is 0 Å². The van der Waals surface area contributed by atoms with Crippen LogP contribution in [0.3, 0.4) is 0 Å². The monoisotopic (exact) mass is 560 g/mol. The van der Waals surface area contributed by atoms with Crippen LogP contribution in [0.15, 0.2) is 53.0 Å². The Morgan fingerprint density at radius 2 is 2.03 bits per heavy atom. The molecule has 6 nitrogen and oxygen atoms in total. The van der Waals surface area contributed by atoms with Crippen LogP contribution in [-0.4, -0.2) is 29.3 Å². The molecule has 0 aliphatic heterocycles. The van der Waals surface area contributed by atoms with E-state index in [-0.39, 0.29) is 31.4 Å². The van der Waals surface area contributed by atoms with Gasteiger partial charge in [0.2, 0.25) is 0 Å². The minimum atomic E-state index is -1.05. The maximum atomic E-state index is 14.1. The Bertz CT molecular complexity index is 1250. The van der Waals surface area contributed by atoms with E-state index in [9.17, 15) is 19.6 Å². The summed E-state index contributed by atoms with van der Waals surface area (Å²) in [7, 11) is 0. The smallest absolute Gasteiger partial charge is 0.310 e. The van der Waals surface area contributed by atoms with Gasteiger partial charge in [-0.1, -0.05) is 23.7 Å². The number of nitriles is 1. The Morgan fingerprint density at radius 3 is 2.74 bits per heavy atom. The van der Waals surface area contributed by atoms with E-state index in [2.05, 4.69) is 27.0 Å². The molecule has 1 heterocycles. The van der Waals surface area contributed by atoms with Crippen molar-refractivity contribution in [1.29, 1.82) is 5.26 Å². The number of halogens is 3. The summed E-state index contributed by atoms with van der Waals surface area (Å²) in [6.45, 7) is 2.34. The van der Waals surface area contributed by atoms with Gasteiger partial charge in [0.25, 0.3) is 0 Å². The number of pyridine rings is 1. The highest BCUT2D eigenvalue weighted by molar-refractivity contribution is 9.10. The molecule has 0 spiro atoms. The van der Waals surface area contributed by atoms with Gasteiger partial charge in [-0.15, -0.1) is 0 Å². The normalized spacial score (nSPS) is 11.7. The van der Waals surface area contributed by atoms with Crippen LogP contribution in [-0.2, 0) is 33.7 Å². The standard InChI is InChI=1S/C26H23BrClFN2O4/c1-2-35-25(32)13-18-12-22(29)21(27)11-17(18)8-9-34-15-19-10-16(14-30)6-7-20(19)26(33)23-4-3-5-24(28)31-23/h3-7,10-12,26,33H,2,8-9,13,15H2,1H3. The van der Waals surface area contributed by atoms with Crippen molar-refractivity contribution < 1.29 is 23.8 Å². The second-order valence-corrected chi connectivity index (χ2v) is 8.87. The van der Waals surface area contributed by atoms with Crippen LogP contribution in [0.25, 0.3) is 0 Å². The molecule has 35 heavy (non-hydrogen) atoms. The van der Waals surface area contributed by atoms with Crippen LogP contribution >= 0.6 is 27.5 Å². The number of esters is 1. The van der Waals surface area contributed by atoms with Gasteiger partial charge < -0.3 is 14.6 Å². The number of carbonyl (C=O) groups excluding carboxylic acids is 1. The van der Waals surface area contributed by atoms with Gasteiger partial charge in [0.1, 0.15) is 17.1 Å². The molecule has 3 rings (SSSR count). The zero-order valence-electron chi connectivity index (χ0n) is 18.9. The van der Waals surface area contributed by atoms with Gasteiger partial charge in [-0.05, 0) is 87.9 Å². The average Bonchev–Trinajstić information content (AvgIpc) is 2.84. The summed E-state index contributed by atoms with van der Waals surface area (Å²) >= 11 is 9.15. The summed E-state index contributed by atoms with van der Waals surface area (Å²) in [5.41, 5.74) is 3.26. The van der Waals surface area contributed by atoms with Gasteiger partial charge in [-0.3, -0.25) is 4.79 Å². The fraction of sp³-hybridized carbons (Fsp3) is 0.269. The number of hydrogen-bond donors (Lipinski definition) is 1. The molecule has 1 unspecified atom stereocenters. The molecule has 0 amide bonds. The molecule has 0 fully saturated rings. The van der Waals surface area contributed by atoms with Gasteiger partial charge in [0, 0.05) is 0 Å². The van der Waals surface area contributed by atoms with Crippen LogP contribution < -0.4 is 0 Å². The Hall–Kier alpha value is -2.83. The Balaban J connectivity index is 1.73. The van der Waals surface area contributed by atoms with Crippen LogP contribution in [0.1, 0.15) is 46.5 Å². The van der Waals surface area contributed by atoms with Crippen molar-refractivity contribution in [2.24, 2.45) is 0 Å². The van der Waals surface area contributed by atoms with E-state index in [1.165, 1.54) is 6.07 Å². The lowest BCUT2D eigenvalue weighted by molar-refractivity contribution is -0.142. The molecule has 0 aliphatic carbocycles. The molecule has 9 heteroatoms. The molecule has 2 aromatic carbocycles. The van der Waals surface area contributed by atoms with Gasteiger partial charge >= 0.3 is 5.97 Å². The third-order valence-electron chi connectivity index (χ3n) is 5.24. The number of ether oxygens (including phenoxy) is 2. The van der Waals surface area contributed by atoms with Crippen molar-refractivity contribution in [2.45, 2.75) is 32.5 Å². The lowest BCUT2D eigenvalue weighted by Gasteiger charge is -2.16. The highest BCUT2D eigenvalue weighted by Crippen LogP contribution is 2.27. The topological polar surface area (TPSA) is 92.4 Å². The van der Waals surface area contributed by atoms with Crippen molar-refractivity contribution in [1.82, 2.24) is 4.98 Å². The average molecular weight is 562 g/mol. The molecule has 182 valence electrons. The first-order valence-corrected chi connectivity index (χ1v) is 12.0. The van der Waals surface area contributed by atoms with Crippen molar-refractivity contribution in [3.63, 3.8) is 0 Å². The first-order valence-electron chi connectivity index (χ1n) is 10.9. The second-order valence-electron chi connectivity index (χ2n) is 7.63. The van der Waals surface area contributed by atoms with E-state index in [1.54, 1.807) is 49.4 Å². The van der Waals surface area contributed by atoms with E-state index >= 15 is 0 Å². The molecule has 0 saturated carbocycles. The number of aliphatic hydroxyl groups is 1. The molecule has 3 aromatic rings. The van der Waals surface area contributed by atoms with Crippen LogP contribution in [0.2, 0.25) is 5.15 Å².